The number of halogens is 2. The summed E-state index contributed by atoms with van der Waals surface area (Å²) in [5.74, 6) is -1.86. The van der Waals surface area contributed by atoms with E-state index in [1.165, 1.54) is 17.0 Å². The Morgan fingerprint density at radius 2 is 1.76 bits per heavy atom. The zero-order chi connectivity index (χ0) is 27.1. The average Bonchev–Trinajstić information content (AvgIpc) is 3.22. The number of fused-ring (bicyclic) bond motifs is 1. The highest BCUT2D eigenvalue weighted by molar-refractivity contribution is 9.10. The Labute approximate surface area is 226 Å². The van der Waals surface area contributed by atoms with Crippen LogP contribution in [0.15, 0.2) is 46.9 Å². The van der Waals surface area contributed by atoms with Crippen LogP contribution in [0.3, 0.4) is 0 Å². The SMILES string of the molecule is CC(C)C[C@@H]1C(=O)NC(C2Cc3ccccc3C2)C(=O)N1[C@@H](C(=O)NC(C)(C)C)c1ccc(Br)cc1F. The summed E-state index contributed by atoms with van der Waals surface area (Å²) >= 11 is 3.28. The molecule has 0 aromatic heterocycles. The minimum absolute atomic E-state index is 0.0650. The lowest BCUT2D eigenvalue weighted by Crippen LogP contribution is -2.67. The van der Waals surface area contributed by atoms with Gasteiger partial charge in [0.1, 0.15) is 23.9 Å². The number of nitrogens with one attached hydrogen (secondary N) is 2. The Bertz CT molecular complexity index is 1180. The van der Waals surface area contributed by atoms with E-state index in [4.69, 9.17) is 0 Å². The molecule has 0 saturated carbocycles. The highest BCUT2D eigenvalue weighted by Crippen LogP contribution is 2.36. The molecule has 1 saturated heterocycles. The fourth-order valence-corrected chi connectivity index (χ4v) is 5.79. The number of carbonyl (C=O) groups excluding carboxylic acids is 3. The van der Waals surface area contributed by atoms with Crippen LogP contribution in [0.25, 0.3) is 0 Å². The molecule has 198 valence electrons. The van der Waals surface area contributed by atoms with Crippen molar-refractivity contribution in [2.75, 3.05) is 0 Å². The molecule has 8 heteroatoms. The van der Waals surface area contributed by atoms with Gasteiger partial charge in [0.05, 0.1) is 0 Å². The number of benzene rings is 2. The molecule has 0 bridgehead atoms. The van der Waals surface area contributed by atoms with E-state index in [0.29, 0.717) is 23.7 Å². The third-order valence-corrected chi connectivity index (χ3v) is 7.48. The molecule has 1 heterocycles. The third kappa shape index (κ3) is 5.89. The fraction of sp³-hybridized carbons (Fsp3) is 0.483. The Morgan fingerprint density at radius 1 is 1.14 bits per heavy atom. The highest BCUT2D eigenvalue weighted by atomic mass is 79.9. The first-order chi connectivity index (χ1) is 17.4. The molecule has 6 nitrogen and oxygen atoms in total. The lowest BCUT2D eigenvalue weighted by molar-refractivity contribution is -0.158. The van der Waals surface area contributed by atoms with E-state index >= 15 is 4.39 Å². The van der Waals surface area contributed by atoms with Gasteiger partial charge in [0, 0.05) is 15.6 Å². The van der Waals surface area contributed by atoms with Gasteiger partial charge >= 0.3 is 0 Å². The summed E-state index contributed by atoms with van der Waals surface area (Å²) in [6, 6.07) is 9.48. The maximum Gasteiger partial charge on any atom is 0.247 e. The molecular formula is C29H35BrFN3O3. The molecule has 37 heavy (non-hydrogen) atoms. The Balaban J connectivity index is 1.79. The molecule has 4 rings (SSSR count). The molecule has 0 radical (unpaired) electrons. The summed E-state index contributed by atoms with van der Waals surface area (Å²) in [6.45, 7) is 9.40. The number of nitrogens with zero attached hydrogens (tertiary/aromatic N) is 1. The molecule has 1 fully saturated rings. The topological polar surface area (TPSA) is 78.5 Å². The predicted molar refractivity (Wildman–Crippen MR) is 144 cm³/mol. The van der Waals surface area contributed by atoms with Crippen LogP contribution in [0.1, 0.15) is 63.8 Å². The number of hydrogen-bond donors (Lipinski definition) is 2. The average molecular weight is 573 g/mol. The molecule has 1 aliphatic heterocycles. The van der Waals surface area contributed by atoms with Crippen molar-refractivity contribution in [2.24, 2.45) is 11.8 Å². The van der Waals surface area contributed by atoms with Gasteiger partial charge in [-0.1, -0.05) is 60.1 Å². The van der Waals surface area contributed by atoms with Crippen molar-refractivity contribution in [2.45, 2.75) is 77.5 Å². The van der Waals surface area contributed by atoms with Crippen molar-refractivity contribution in [3.05, 3.63) is 69.4 Å². The zero-order valence-corrected chi connectivity index (χ0v) is 23.6. The molecule has 3 amide bonds. The number of hydrogen-bond acceptors (Lipinski definition) is 3. The summed E-state index contributed by atoms with van der Waals surface area (Å²) in [5, 5.41) is 5.90. The summed E-state index contributed by atoms with van der Waals surface area (Å²) in [6.07, 6.45) is 1.66. The van der Waals surface area contributed by atoms with E-state index in [-0.39, 0.29) is 29.2 Å². The molecule has 0 spiro atoms. The molecular weight excluding hydrogens is 537 g/mol. The van der Waals surface area contributed by atoms with Gasteiger partial charge in [0.15, 0.2) is 0 Å². The van der Waals surface area contributed by atoms with Crippen molar-refractivity contribution in [1.29, 1.82) is 0 Å². The van der Waals surface area contributed by atoms with E-state index in [0.717, 1.165) is 11.1 Å². The zero-order valence-electron chi connectivity index (χ0n) is 22.0. The predicted octanol–water partition coefficient (Wildman–Crippen LogP) is 4.70. The van der Waals surface area contributed by atoms with Gasteiger partial charge in [-0.05, 0) is 75.1 Å². The van der Waals surface area contributed by atoms with E-state index in [1.54, 1.807) is 6.07 Å². The lowest BCUT2D eigenvalue weighted by Gasteiger charge is -2.45. The first kappa shape index (κ1) is 27.3. The van der Waals surface area contributed by atoms with Gasteiger partial charge in [0.2, 0.25) is 17.7 Å². The van der Waals surface area contributed by atoms with E-state index in [9.17, 15) is 14.4 Å². The molecule has 2 aromatic carbocycles. The van der Waals surface area contributed by atoms with Crippen LogP contribution in [-0.2, 0) is 27.2 Å². The van der Waals surface area contributed by atoms with Crippen LogP contribution in [0, 0.1) is 17.7 Å². The molecule has 1 unspecified atom stereocenters. The maximum atomic E-state index is 15.4. The minimum atomic E-state index is -1.29. The van der Waals surface area contributed by atoms with Gasteiger partial charge < -0.3 is 15.5 Å². The number of piperazine rings is 1. The number of rotatable bonds is 6. The van der Waals surface area contributed by atoms with Crippen LogP contribution in [0.4, 0.5) is 4.39 Å². The smallest absolute Gasteiger partial charge is 0.247 e. The Kier molecular flexibility index (Phi) is 7.79. The minimum Gasteiger partial charge on any atom is -0.349 e. The Hall–Kier alpha value is -2.74. The van der Waals surface area contributed by atoms with Gasteiger partial charge in [-0.25, -0.2) is 4.39 Å². The second-order valence-corrected chi connectivity index (χ2v) is 12.5. The second kappa shape index (κ2) is 10.6. The molecule has 2 aromatic rings. The first-order valence-corrected chi connectivity index (χ1v) is 13.6. The van der Waals surface area contributed by atoms with Gasteiger partial charge in [-0.3, -0.25) is 14.4 Å². The van der Waals surface area contributed by atoms with Crippen LogP contribution in [0.5, 0.6) is 0 Å². The molecule has 2 N–H and O–H groups in total. The standard InChI is InChI=1S/C29H35BrFN3O3/c1-16(2)12-23-26(35)32-24(19-13-17-8-6-7-9-18(17)14-19)28(37)34(23)25(27(36)33-29(3,4)5)21-11-10-20(30)15-22(21)31/h6-11,15-16,19,23-25H,12-14H2,1-5H3,(H,32,35)(H,33,36)/t23-,24?,25-/m1/s1. The van der Waals surface area contributed by atoms with Crippen molar-refractivity contribution in [1.82, 2.24) is 15.5 Å². The summed E-state index contributed by atoms with van der Waals surface area (Å²) in [5.41, 5.74) is 1.76. The van der Waals surface area contributed by atoms with E-state index in [2.05, 4.69) is 26.6 Å². The maximum absolute atomic E-state index is 15.4. The van der Waals surface area contributed by atoms with Crippen LogP contribution < -0.4 is 10.6 Å². The summed E-state index contributed by atoms with van der Waals surface area (Å²) in [4.78, 5) is 43.0. The van der Waals surface area contributed by atoms with Crippen LogP contribution in [0.2, 0.25) is 0 Å². The van der Waals surface area contributed by atoms with Gasteiger partial charge in [-0.2, -0.15) is 0 Å². The monoisotopic (exact) mass is 571 g/mol. The Morgan fingerprint density at radius 3 is 2.30 bits per heavy atom. The van der Waals surface area contributed by atoms with Crippen LogP contribution >= 0.6 is 15.9 Å². The third-order valence-electron chi connectivity index (χ3n) is 6.99. The second-order valence-electron chi connectivity index (χ2n) is 11.6. The summed E-state index contributed by atoms with van der Waals surface area (Å²) in [7, 11) is 0. The highest BCUT2D eigenvalue weighted by Gasteiger charge is 2.50. The summed E-state index contributed by atoms with van der Waals surface area (Å²) < 4.78 is 15.9. The van der Waals surface area contributed by atoms with Crippen LogP contribution in [-0.4, -0.2) is 40.2 Å². The first-order valence-electron chi connectivity index (χ1n) is 12.8. The number of amides is 3. The van der Waals surface area contributed by atoms with E-state index < -0.39 is 35.4 Å². The molecule has 3 atom stereocenters. The van der Waals surface area contributed by atoms with Crippen molar-refractivity contribution >= 4 is 33.7 Å². The van der Waals surface area contributed by atoms with E-state index in [1.807, 2.05) is 58.9 Å². The van der Waals surface area contributed by atoms with Crippen molar-refractivity contribution in [3.8, 4) is 0 Å². The molecule has 2 aliphatic rings. The fourth-order valence-electron chi connectivity index (χ4n) is 5.45. The van der Waals surface area contributed by atoms with Crippen molar-refractivity contribution in [3.63, 3.8) is 0 Å². The molecule has 1 aliphatic carbocycles. The largest absolute Gasteiger partial charge is 0.349 e. The van der Waals surface area contributed by atoms with Gasteiger partial charge in [0.25, 0.3) is 0 Å². The quantitative estimate of drug-likeness (QED) is 0.527. The number of carbonyl (C=O) groups is 3. The van der Waals surface area contributed by atoms with Gasteiger partial charge in [-0.15, -0.1) is 0 Å². The lowest BCUT2D eigenvalue weighted by atomic mass is 9.87. The normalized spacial score (nSPS) is 21.1. The van der Waals surface area contributed by atoms with Crippen molar-refractivity contribution < 1.29 is 18.8 Å².